The molecule has 2 heterocycles. The van der Waals surface area contributed by atoms with Gasteiger partial charge < -0.3 is 9.32 Å². The first-order valence-corrected chi connectivity index (χ1v) is 8.90. The van der Waals surface area contributed by atoms with Crippen LogP contribution in [0.25, 0.3) is 11.3 Å². The van der Waals surface area contributed by atoms with E-state index in [2.05, 4.69) is 4.98 Å². The van der Waals surface area contributed by atoms with Gasteiger partial charge in [-0.3, -0.25) is 4.79 Å². The summed E-state index contributed by atoms with van der Waals surface area (Å²) in [4.78, 5) is 18.3. The number of anilines is 1. The van der Waals surface area contributed by atoms with E-state index < -0.39 is 11.6 Å². The third kappa shape index (κ3) is 3.60. The van der Waals surface area contributed by atoms with Crippen LogP contribution in [0.4, 0.5) is 14.5 Å². The second kappa shape index (κ2) is 7.31. The molecule has 138 valence electrons. The lowest BCUT2D eigenvalue weighted by Gasteiger charge is -2.29. The number of benzene rings is 2. The molecule has 1 aliphatic rings. The number of hydrogen-bond acceptors (Lipinski definition) is 3. The van der Waals surface area contributed by atoms with E-state index in [1.807, 2.05) is 30.3 Å². The number of fused-ring (bicyclic) bond motifs is 1. The van der Waals surface area contributed by atoms with E-state index in [1.165, 1.54) is 11.0 Å². The lowest BCUT2D eigenvalue weighted by atomic mass is 10.0. The molecule has 1 aromatic heterocycles. The number of oxazole rings is 1. The summed E-state index contributed by atoms with van der Waals surface area (Å²) in [7, 11) is 0. The van der Waals surface area contributed by atoms with E-state index in [0.717, 1.165) is 11.6 Å². The average Bonchev–Trinajstić information content (AvgIpc) is 3.15. The highest BCUT2D eigenvalue weighted by atomic mass is 19.1. The van der Waals surface area contributed by atoms with Gasteiger partial charge in [-0.05, 0) is 18.9 Å². The van der Waals surface area contributed by atoms with Crippen LogP contribution in [0.1, 0.15) is 24.3 Å². The maximum atomic E-state index is 14.0. The Balaban J connectivity index is 1.46. The maximum absolute atomic E-state index is 14.0. The summed E-state index contributed by atoms with van der Waals surface area (Å²) in [5.41, 5.74) is 1.65. The average molecular weight is 368 g/mol. The zero-order valence-corrected chi connectivity index (χ0v) is 14.6. The molecule has 0 saturated carbocycles. The second-order valence-corrected chi connectivity index (χ2v) is 6.52. The number of aryl methyl sites for hydroxylation is 1. The van der Waals surface area contributed by atoms with Crippen LogP contribution in [0.3, 0.4) is 0 Å². The van der Waals surface area contributed by atoms with Gasteiger partial charge in [0.1, 0.15) is 11.6 Å². The zero-order valence-electron chi connectivity index (χ0n) is 14.6. The Hall–Kier alpha value is -3.02. The van der Waals surface area contributed by atoms with Gasteiger partial charge in [-0.2, -0.15) is 0 Å². The van der Waals surface area contributed by atoms with Gasteiger partial charge in [-0.15, -0.1) is 0 Å². The molecule has 0 aliphatic carbocycles. The van der Waals surface area contributed by atoms with Gasteiger partial charge in [0, 0.05) is 36.6 Å². The van der Waals surface area contributed by atoms with Crippen LogP contribution in [0, 0.1) is 11.6 Å². The van der Waals surface area contributed by atoms with Gasteiger partial charge in [0.05, 0.1) is 11.9 Å². The van der Waals surface area contributed by atoms with Crippen molar-refractivity contribution in [2.24, 2.45) is 0 Å². The molecule has 4 nitrogen and oxygen atoms in total. The van der Waals surface area contributed by atoms with Crippen molar-refractivity contribution in [3.8, 4) is 11.3 Å². The molecule has 1 amide bonds. The van der Waals surface area contributed by atoms with Crippen LogP contribution in [-0.4, -0.2) is 17.4 Å². The molecule has 0 saturated heterocycles. The van der Waals surface area contributed by atoms with E-state index >= 15 is 0 Å². The van der Waals surface area contributed by atoms with Crippen molar-refractivity contribution in [1.29, 1.82) is 0 Å². The zero-order chi connectivity index (χ0) is 18.8. The van der Waals surface area contributed by atoms with Gasteiger partial charge in [0.25, 0.3) is 0 Å². The van der Waals surface area contributed by atoms with E-state index in [1.54, 1.807) is 6.20 Å². The van der Waals surface area contributed by atoms with Gasteiger partial charge >= 0.3 is 0 Å². The molecular weight excluding hydrogens is 350 g/mol. The minimum Gasteiger partial charge on any atom is -0.441 e. The largest absolute Gasteiger partial charge is 0.441 e. The van der Waals surface area contributed by atoms with E-state index in [4.69, 9.17) is 4.42 Å². The van der Waals surface area contributed by atoms with Crippen LogP contribution >= 0.6 is 0 Å². The monoisotopic (exact) mass is 368 g/mol. The Morgan fingerprint density at radius 1 is 1.19 bits per heavy atom. The van der Waals surface area contributed by atoms with Crippen molar-refractivity contribution in [1.82, 2.24) is 4.98 Å². The minimum absolute atomic E-state index is 0.159. The topological polar surface area (TPSA) is 46.3 Å². The standard InChI is InChI=1S/C21H18F2N2O2/c22-15-11-17(23)16-7-4-10-25(18(16)12-15)21(26)9-8-20-24-13-19(27-20)14-5-2-1-3-6-14/h1-3,5-6,11-13H,4,7-10H2. The summed E-state index contributed by atoms with van der Waals surface area (Å²) in [6.07, 6.45) is 3.28. The molecule has 0 unspecified atom stereocenters. The lowest BCUT2D eigenvalue weighted by molar-refractivity contribution is -0.118. The number of carbonyl (C=O) groups excluding carboxylic acids is 1. The first-order valence-electron chi connectivity index (χ1n) is 8.90. The number of carbonyl (C=O) groups is 1. The molecule has 4 rings (SSSR count). The van der Waals surface area contributed by atoms with E-state index in [9.17, 15) is 13.6 Å². The third-order valence-corrected chi connectivity index (χ3v) is 4.70. The molecule has 0 fully saturated rings. The van der Waals surface area contributed by atoms with Crippen LogP contribution in [0.5, 0.6) is 0 Å². The second-order valence-electron chi connectivity index (χ2n) is 6.52. The van der Waals surface area contributed by atoms with Crippen molar-refractivity contribution >= 4 is 11.6 Å². The molecule has 0 radical (unpaired) electrons. The van der Waals surface area contributed by atoms with Crippen LogP contribution < -0.4 is 4.90 Å². The fourth-order valence-corrected chi connectivity index (χ4v) is 3.38. The SMILES string of the molecule is O=C(CCc1ncc(-c2ccccc2)o1)N1CCCc2c(F)cc(F)cc21. The number of aromatic nitrogens is 1. The highest BCUT2D eigenvalue weighted by molar-refractivity contribution is 5.94. The van der Waals surface area contributed by atoms with Crippen molar-refractivity contribution in [3.05, 3.63) is 71.8 Å². The summed E-state index contributed by atoms with van der Waals surface area (Å²) in [6.45, 7) is 0.454. The molecule has 6 heteroatoms. The van der Waals surface area contributed by atoms with Gasteiger partial charge in [0.2, 0.25) is 5.91 Å². The molecule has 2 aromatic carbocycles. The van der Waals surface area contributed by atoms with Crippen molar-refractivity contribution in [2.75, 3.05) is 11.4 Å². The normalized spacial score (nSPS) is 13.5. The smallest absolute Gasteiger partial charge is 0.227 e. The summed E-state index contributed by atoms with van der Waals surface area (Å²) >= 11 is 0. The number of halogens is 2. The first kappa shape index (κ1) is 17.4. The molecule has 0 N–H and O–H groups in total. The molecule has 3 aromatic rings. The molecule has 1 aliphatic heterocycles. The minimum atomic E-state index is -0.675. The number of amides is 1. The summed E-state index contributed by atoms with van der Waals surface area (Å²) < 4.78 is 33.3. The van der Waals surface area contributed by atoms with Gasteiger partial charge in [0.15, 0.2) is 11.7 Å². The highest BCUT2D eigenvalue weighted by Crippen LogP contribution is 2.31. The van der Waals surface area contributed by atoms with Gasteiger partial charge in [-0.25, -0.2) is 13.8 Å². The highest BCUT2D eigenvalue weighted by Gasteiger charge is 2.25. The van der Waals surface area contributed by atoms with E-state index in [-0.39, 0.29) is 12.3 Å². The number of hydrogen-bond donors (Lipinski definition) is 0. The molecule has 27 heavy (non-hydrogen) atoms. The Bertz CT molecular complexity index is 970. The number of rotatable bonds is 4. The molecule has 0 spiro atoms. The summed E-state index contributed by atoms with van der Waals surface area (Å²) in [5.74, 6) is -0.357. The predicted octanol–water partition coefficient (Wildman–Crippen LogP) is 4.53. The lowest BCUT2D eigenvalue weighted by Crippen LogP contribution is -2.36. The Morgan fingerprint density at radius 3 is 2.81 bits per heavy atom. The fraction of sp³-hybridized carbons (Fsp3) is 0.238. The van der Waals surface area contributed by atoms with Crippen LogP contribution in [0.15, 0.2) is 53.1 Å². The fourth-order valence-electron chi connectivity index (χ4n) is 3.38. The van der Waals surface area contributed by atoms with Crippen molar-refractivity contribution in [3.63, 3.8) is 0 Å². The molecule has 0 atom stereocenters. The predicted molar refractivity (Wildman–Crippen MR) is 97.3 cm³/mol. The van der Waals surface area contributed by atoms with Crippen LogP contribution in [-0.2, 0) is 17.6 Å². The summed E-state index contributed by atoms with van der Waals surface area (Å²) in [5, 5.41) is 0. The van der Waals surface area contributed by atoms with Crippen LogP contribution in [0.2, 0.25) is 0 Å². The Morgan fingerprint density at radius 2 is 2.00 bits per heavy atom. The van der Waals surface area contributed by atoms with E-state index in [0.29, 0.717) is 48.7 Å². The number of nitrogens with zero attached hydrogens (tertiary/aromatic N) is 2. The molecular formula is C21H18F2N2O2. The third-order valence-electron chi connectivity index (χ3n) is 4.70. The molecule has 0 bridgehead atoms. The quantitative estimate of drug-likeness (QED) is 0.680. The first-order chi connectivity index (χ1) is 13.1. The Labute approximate surface area is 155 Å². The van der Waals surface area contributed by atoms with Gasteiger partial charge in [-0.1, -0.05) is 30.3 Å². The Kier molecular flexibility index (Phi) is 4.71. The van der Waals surface area contributed by atoms with Crippen molar-refractivity contribution < 1.29 is 18.0 Å². The summed E-state index contributed by atoms with van der Waals surface area (Å²) in [6, 6.07) is 11.7. The maximum Gasteiger partial charge on any atom is 0.227 e. The van der Waals surface area contributed by atoms with Crippen molar-refractivity contribution in [2.45, 2.75) is 25.7 Å².